The van der Waals surface area contributed by atoms with Crippen molar-refractivity contribution in [2.45, 2.75) is 38.8 Å². The largest absolute Gasteiger partial charge is 0.388 e. The van der Waals surface area contributed by atoms with Crippen molar-refractivity contribution < 1.29 is 5.11 Å². The van der Waals surface area contributed by atoms with Crippen molar-refractivity contribution in [1.29, 1.82) is 0 Å². The smallest absolute Gasteiger partial charge is 0.0793 e. The summed E-state index contributed by atoms with van der Waals surface area (Å²) < 4.78 is 1.91. The minimum Gasteiger partial charge on any atom is -0.388 e. The van der Waals surface area contributed by atoms with Crippen molar-refractivity contribution in [1.82, 2.24) is 15.0 Å². The van der Waals surface area contributed by atoms with E-state index in [1.165, 1.54) is 0 Å². The molecule has 0 saturated heterocycles. The van der Waals surface area contributed by atoms with E-state index < -0.39 is 6.10 Å². The molecular formula is C14H19N3O. The molecule has 1 aromatic heterocycles. The molecule has 2 rings (SSSR count). The summed E-state index contributed by atoms with van der Waals surface area (Å²) in [6.45, 7) is 3.00. The van der Waals surface area contributed by atoms with Crippen molar-refractivity contribution in [3.05, 3.63) is 47.8 Å². The summed E-state index contributed by atoms with van der Waals surface area (Å²) in [5.74, 6) is 0. The number of rotatable bonds is 6. The Bertz CT molecular complexity index is 467. The number of aromatic nitrogens is 3. The maximum atomic E-state index is 10.1. The SMILES string of the molecule is CCCn1nncc1CCC(O)c1ccccc1. The molecule has 0 bridgehead atoms. The predicted molar refractivity (Wildman–Crippen MR) is 70.0 cm³/mol. The predicted octanol–water partition coefficient (Wildman–Crippen LogP) is 2.35. The molecule has 0 aliphatic carbocycles. The first kappa shape index (κ1) is 12.8. The van der Waals surface area contributed by atoms with Gasteiger partial charge in [0, 0.05) is 6.54 Å². The highest BCUT2D eigenvalue weighted by Gasteiger charge is 2.09. The van der Waals surface area contributed by atoms with Gasteiger partial charge in [0.1, 0.15) is 0 Å². The zero-order valence-corrected chi connectivity index (χ0v) is 10.7. The van der Waals surface area contributed by atoms with Crippen LogP contribution < -0.4 is 0 Å². The Labute approximate surface area is 107 Å². The van der Waals surface area contributed by atoms with E-state index in [0.717, 1.165) is 30.6 Å². The molecule has 0 aliphatic heterocycles. The van der Waals surface area contributed by atoms with Gasteiger partial charge in [-0.2, -0.15) is 0 Å². The number of aliphatic hydroxyl groups excluding tert-OH is 1. The Morgan fingerprint density at radius 1 is 1.28 bits per heavy atom. The summed E-state index contributed by atoms with van der Waals surface area (Å²) in [6.07, 6.45) is 3.89. The number of hydrogen-bond donors (Lipinski definition) is 1. The van der Waals surface area contributed by atoms with Crippen LogP contribution >= 0.6 is 0 Å². The summed E-state index contributed by atoms with van der Waals surface area (Å²) in [6, 6.07) is 9.75. The molecule has 18 heavy (non-hydrogen) atoms. The second-order valence-electron chi connectivity index (χ2n) is 4.41. The maximum absolute atomic E-state index is 10.1. The fourth-order valence-electron chi connectivity index (χ4n) is 2.00. The molecule has 2 aromatic rings. The molecule has 1 heterocycles. The Hall–Kier alpha value is -1.68. The van der Waals surface area contributed by atoms with Gasteiger partial charge in [-0.05, 0) is 24.8 Å². The average molecular weight is 245 g/mol. The summed E-state index contributed by atoms with van der Waals surface area (Å²) in [4.78, 5) is 0. The third-order valence-electron chi connectivity index (χ3n) is 2.99. The van der Waals surface area contributed by atoms with Crippen LogP contribution in [0.1, 0.15) is 37.1 Å². The van der Waals surface area contributed by atoms with Crippen LogP contribution in [0.15, 0.2) is 36.5 Å². The van der Waals surface area contributed by atoms with E-state index >= 15 is 0 Å². The third-order valence-corrected chi connectivity index (χ3v) is 2.99. The van der Waals surface area contributed by atoms with Gasteiger partial charge in [0.2, 0.25) is 0 Å². The van der Waals surface area contributed by atoms with Gasteiger partial charge < -0.3 is 5.11 Å². The Balaban J connectivity index is 1.93. The lowest BCUT2D eigenvalue weighted by Gasteiger charge is -2.11. The van der Waals surface area contributed by atoms with Gasteiger partial charge in [0.05, 0.1) is 18.0 Å². The van der Waals surface area contributed by atoms with Gasteiger partial charge in [0.15, 0.2) is 0 Å². The normalized spacial score (nSPS) is 12.6. The first-order valence-corrected chi connectivity index (χ1v) is 6.41. The highest BCUT2D eigenvalue weighted by Crippen LogP contribution is 2.18. The second-order valence-corrected chi connectivity index (χ2v) is 4.41. The number of aryl methyl sites for hydroxylation is 2. The molecule has 1 aromatic carbocycles. The minimum absolute atomic E-state index is 0.420. The molecule has 0 aliphatic rings. The van der Waals surface area contributed by atoms with Crippen LogP contribution in [0.2, 0.25) is 0 Å². The molecule has 0 saturated carbocycles. The summed E-state index contributed by atoms with van der Waals surface area (Å²) >= 11 is 0. The van der Waals surface area contributed by atoms with E-state index in [4.69, 9.17) is 0 Å². The van der Waals surface area contributed by atoms with Gasteiger partial charge in [-0.25, -0.2) is 4.68 Å². The molecule has 1 atom stereocenters. The number of hydrogen-bond acceptors (Lipinski definition) is 3. The molecule has 0 radical (unpaired) electrons. The molecule has 96 valence electrons. The molecular weight excluding hydrogens is 226 g/mol. The monoisotopic (exact) mass is 245 g/mol. The van der Waals surface area contributed by atoms with Crippen LogP contribution in [0.5, 0.6) is 0 Å². The fraction of sp³-hybridized carbons (Fsp3) is 0.429. The van der Waals surface area contributed by atoms with Crippen LogP contribution in [0, 0.1) is 0 Å². The lowest BCUT2D eigenvalue weighted by atomic mass is 10.0. The zero-order valence-electron chi connectivity index (χ0n) is 10.7. The molecule has 4 heteroatoms. The van der Waals surface area contributed by atoms with Gasteiger partial charge in [-0.15, -0.1) is 5.10 Å². The number of aliphatic hydroxyl groups is 1. The van der Waals surface area contributed by atoms with E-state index in [2.05, 4.69) is 17.2 Å². The van der Waals surface area contributed by atoms with E-state index in [1.807, 2.05) is 35.0 Å². The van der Waals surface area contributed by atoms with Crippen LogP contribution in [-0.2, 0) is 13.0 Å². The van der Waals surface area contributed by atoms with Crippen molar-refractivity contribution in [2.75, 3.05) is 0 Å². The van der Waals surface area contributed by atoms with Crippen LogP contribution in [0.3, 0.4) is 0 Å². The van der Waals surface area contributed by atoms with Crippen molar-refractivity contribution in [3.63, 3.8) is 0 Å². The Morgan fingerprint density at radius 3 is 2.78 bits per heavy atom. The fourth-order valence-corrected chi connectivity index (χ4v) is 2.00. The standard InChI is InChI=1S/C14H19N3O/c1-2-10-17-13(11-15-16-17)8-9-14(18)12-6-4-3-5-7-12/h3-7,11,14,18H,2,8-10H2,1H3. The highest BCUT2D eigenvalue weighted by atomic mass is 16.3. The van der Waals surface area contributed by atoms with Crippen LogP contribution in [0.4, 0.5) is 0 Å². The van der Waals surface area contributed by atoms with Gasteiger partial charge in [-0.3, -0.25) is 0 Å². The minimum atomic E-state index is -0.420. The Morgan fingerprint density at radius 2 is 2.06 bits per heavy atom. The average Bonchev–Trinajstić information content (AvgIpc) is 2.85. The van der Waals surface area contributed by atoms with Crippen molar-refractivity contribution >= 4 is 0 Å². The first-order chi connectivity index (χ1) is 8.81. The van der Waals surface area contributed by atoms with E-state index in [1.54, 1.807) is 6.20 Å². The lowest BCUT2D eigenvalue weighted by Crippen LogP contribution is -2.07. The quantitative estimate of drug-likeness (QED) is 0.850. The van der Waals surface area contributed by atoms with Gasteiger partial charge in [0.25, 0.3) is 0 Å². The first-order valence-electron chi connectivity index (χ1n) is 6.41. The summed E-state index contributed by atoms with van der Waals surface area (Å²) in [7, 11) is 0. The van der Waals surface area contributed by atoms with E-state index in [-0.39, 0.29) is 0 Å². The molecule has 0 amide bonds. The topological polar surface area (TPSA) is 50.9 Å². The number of nitrogens with zero attached hydrogens (tertiary/aromatic N) is 3. The summed E-state index contributed by atoms with van der Waals surface area (Å²) in [5, 5.41) is 18.1. The molecule has 1 unspecified atom stereocenters. The van der Waals surface area contributed by atoms with Crippen LogP contribution in [0.25, 0.3) is 0 Å². The summed E-state index contributed by atoms with van der Waals surface area (Å²) in [5.41, 5.74) is 2.05. The van der Waals surface area contributed by atoms with Crippen molar-refractivity contribution in [3.8, 4) is 0 Å². The molecule has 1 N–H and O–H groups in total. The lowest BCUT2D eigenvalue weighted by molar-refractivity contribution is 0.167. The van der Waals surface area contributed by atoms with Gasteiger partial charge in [-0.1, -0.05) is 42.5 Å². The molecule has 4 nitrogen and oxygen atoms in total. The molecule has 0 spiro atoms. The Kier molecular flexibility index (Phi) is 4.47. The van der Waals surface area contributed by atoms with Gasteiger partial charge >= 0.3 is 0 Å². The van der Waals surface area contributed by atoms with E-state index in [9.17, 15) is 5.11 Å². The number of benzene rings is 1. The van der Waals surface area contributed by atoms with E-state index in [0.29, 0.717) is 6.42 Å². The highest BCUT2D eigenvalue weighted by molar-refractivity contribution is 5.17. The second kappa shape index (κ2) is 6.31. The van der Waals surface area contributed by atoms with Crippen LogP contribution in [-0.4, -0.2) is 20.1 Å². The third kappa shape index (κ3) is 3.17. The molecule has 0 fully saturated rings. The zero-order chi connectivity index (χ0) is 12.8. The van der Waals surface area contributed by atoms with Crippen molar-refractivity contribution in [2.24, 2.45) is 0 Å². The maximum Gasteiger partial charge on any atom is 0.0793 e.